The maximum absolute atomic E-state index is 10.5. The van der Waals surface area contributed by atoms with E-state index in [0.29, 0.717) is 4.47 Å². The van der Waals surface area contributed by atoms with Crippen molar-refractivity contribution in [2.45, 2.75) is 0 Å². The van der Waals surface area contributed by atoms with Crippen LogP contribution in [-0.2, 0) is 0 Å². The number of aromatic nitrogens is 2. The molecular formula is C5H7BrN6O3. The Labute approximate surface area is 90.7 Å². The smallest absolute Gasteiger partial charge is 0.325 e. The van der Waals surface area contributed by atoms with Gasteiger partial charge in [-0.1, -0.05) is 5.10 Å². The predicted octanol–water partition coefficient (Wildman–Crippen LogP) is -1.23. The normalized spacial score (nSPS) is 8.33. The predicted molar refractivity (Wildman–Crippen MR) is 57.0 cm³/mol. The SMILES string of the molecule is NC(N)=NN=O.O=c1[nH]cc(Br)c(=O)[nH]1. The summed E-state index contributed by atoms with van der Waals surface area (Å²) in [6, 6.07) is 0. The van der Waals surface area contributed by atoms with Crippen LogP contribution in [0.2, 0.25) is 0 Å². The van der Waals surface area contributed by atoms with E-state index in [-0.39, 0.29) is 5.96 Å². The molecular weight excluding hydrogens is 272 g/mol. The fraction of sp³-hybridized carbons (Fsp3) is 0. The van der Waals surface area contributed by atoms with Crippen LogP contribution in [0.3, 0.4) is 0 Å². The molecule has 0 spiro atoms. The second-order valence-corrected chi connectivity index (χ2v) is 2.88. The van der Waals surface area contributed by atoms with Gasteiger partial charge in [0, 0.05) is 6.20 Å². The number of nitrogens with one attached hydrogen (secondary N) is 2. The second-order valence-electron chi connectivity index (χ2n) is 2.03. The molecule has 1 heterocycles. The van der Waals surface area contributed by atoms with Crippen molar-refractivity contribution in [1.82, 2.24) is 9.97 Å². The lowest BCUT2D eigenvalue weighted by Gasteiger charge is -1.82. The van der Waals surface area contributed by atoms with Crippen molar-refractivity contribution in [1.29, 1.82) is 0 Å². The molecule has 0 bridgehead atoms. The number of hydrogen-bond donors (Lipinski definition) is 4. The summed E-state index contributed by atoms with van der Waals surface area (Å²) < 4.78 is 0.321. The highest BCUT2D eigenvalue weighted by Gasteiger charge is 1.90. The first-order chi connectivity index (χ1) is 6.97. The first-order valence-corrected chi connectivity index (χ1v) is 4.15. The number of hydrogen-bond acceptors (Lipinski definition) is 4. The van der Waals surface area contributed by atoms with Crippen LogP contribution in [0.15, 0.2) is 30.6 Å². The maximum atomic E-state index is 10.5. The summed E-state index contributed by atoms with van der Waals surface area (Å²) in [6.07, 6.45) is 1.29. The number of aromatic amines is 2. The number of nitroso groups, excluding NO2 is 1. The number of H-pyrrole nitrogens is 2. The summed E-state index contributed by atoms with van der Waals surface area (Å²) in [7, 11) is 0. The third-order valence-electron chi connectivity index (χ3n) is 0.930. The molecule has 0 saturated carbocycles. The van der Waals surface area contributed by atoms with Gasteiger partial charge in [-0.3, -0.25) is 9.78 Å². The first kappa shape index (κ1) is 13.0. The monoisotopic (exact) mass is 278 g/mol. The Hall–Kier alpha value is -1.97. The molecule has 82 valence electrons. The molecule has 0 aromatic carbocycles. The summed E-state index contributed by atoms with van der Waals surface area (Å²) in [5.41, 5.74) is 8.36. The van der Waals surface area contributed by atoms with E-state index in [0.717, 1.165) is 0 Å². The lowest BCUT2D eigenvalue weighted by molar-refractivity contribution is 1.02. The maximum Gasteiger partial charge on any atom is 0.325 e. The Balaban J connectivity index is 0.000000288. The zero-order chi connectivity index (χ0) is 11.8. The molecule has 0 unspecified atom stereocenters. The number of rotatable bonds is 1. The van der Waals surface area contributed by atoms with Gasteiger partial charge in [0.1, 0.15) is 0 Å². The van der Waals surface area contributed by atoms with Gasteiger partial charge in [0.2, 0.25) is 5.96 Å². The van der Waals surface area contributed by atoms with Crippen molar-refractivity contribution in [2.24, 2.45) is 21.9 Å². The van der Waals surface area contributed by atoms with Crippen LogP contribution in [0.25, 0.3) is 0 Å². The quantitative estimate of drug-likeness (QED) is 0.219. The highest BCUT2D eigenvalue weighted by Crippen LogP contribution is 1.93. The van der Waals surface area contributed by atoms with Gasteiger partial charge < -0.3 is 16.5 Å². The third-order valence-corrected chi connectivity index (χ3v) is 1.52. The Morgan fingerprint density at radius 2 is 2.00 bits per heavy atom. The lowest BCUT2D eigenvalue weighted by atomic mass is 10.7. The van der Waals surface area contributed by atoms with E-state index in [2.05, 4.69) is 37.5 Å². The summed E-state index contributed by atoms with van der Waals surface area (Å²) in [5.74, 6) is -0.315. The van der Waals surface area contributed by atoms with Gasteiger partial charge in [-0.05, 0) is 15.9 Å². The molecule has 1 aromatic rings. The van der Waals surface area contributed by atoms with Crippen molar-refractivity contribution in [3.8, 4) is 0 Å². The molecule has 0 fully saturated rings. The van der Waals surface area contributed by atoms with Gasteiger partial charge >= 0.3 is 5.69 Å². The van der Waals surface area contributed by atoms with Crippen LogP contribution >= 0.6 is 15.9 Å². The Kier molecular flexibility index (Phi) is 5.63. The van der Waals surface area contributed by atoms with E-state index < -0.39 is 11.2 Å². The number of nitrogens with zero attached hydrogens (tertiary/aromatic N) is 2. The first-order valence-electron chi connectivity index (χ1n) is 3.36. The molecule has 6 N–H and O–H groups in total. The largest absolute Gasteiger partial charge is 0.368 e. The molecule has 0 aliphatic carbocycles. The molecule has 1 aromatic heterocycles. The average Bonchev–Trinajstić information content (AvgIpc) is 2.13. The van der Waals surface area contributed by atoms with Crippen LogP contribution in [0, 0.1) is 4.91 Å². The Morgan fingerprint density at radius 3 is 2.27 bits per heavy atom. The fourth-order valence-corrected chi connectivity index (χ4v) is 0.654. The zero-order valence-electron chi connectivity index (χ0n) is 7.23. The van der Waals surface area contributed by atoms with Crippen molar-refractivity contribution in [3.05, 3.63) is 36.4 Å². The van der Waals surface area contributed by atoms with E-state index in [1.54, 1.807) is 0 Å². The summed E-state index contributed by atoms with van der Waals surface area (Å²) in [5, 5.41) is 4.69. The summed E-state index contributed by atoms with van der Waals surface area (Å²) in [6.45, 7) is 0. The minimum atomic E-state index is -0.497. The van der Waals surface area contributed by atoms with E-state index in [4.69, 9.17) is 4.91 Å². The number of nitrogens with two attached hydrogens (primary N) is 2. The second kappa shape index (κ2) is 6.48. The van der Waals surface area contributed by atoms with E-state index in [9.17, 15) is 9.59 Å². The van der Waals surface area contributed by atoms with E-state index in [1.807, 2.05) is 10.3 Å². The molecule has 0 aliphatic rings. The molecule has 0 aliphatic heterocycles. The van der Waals surface area contributed by atoms with Gasteiger partial charge in [0.05, 0.1) is 9.76 Å². The minimum absolute atomic E-state index is 0.315. The molecule has 9 nitrogen and oxygen atoms in total. The Morgan fingerprint density at radius 1 is 1.40 bits per heavy atom. The van der Waals surface area contributed by atoms with E-state index in [1.165, 1.54) is 6.20 Å². The standard InChI is InChI=1S/C4H3BrN2O2.CH4N4O/c5-2-1-6-4(9)7-3(2)8;2-1(3)4-5-6/h1H,(H2,6,7,8,9);(H4,2,3,4,6). The number of halogens is 1. The van der Waals surface area contributed by atoms with Gasteiger partial charge in [-0.25, -0.2) is 4.79 Å². The van der Waals surface area contributed by atoms with Crippen molar-refractivity contribution >= 4 is 21.9 Å². The van der Waals surface area contributed by atoms with Crippen LogP contribution in [0.1, 0.15) is 0 Å². The van der Waals surface area contributed by atoms with Gasteiger partial charge in [0.25, 0.3) is 5.56 Å². The van der Waals surface area contributed by atoms with Crippen LogP contribution < -0.4 is 22.7 Å². The molecule has 10 heteroatoms. The van der Waals surface area contributed by atoms with E-state index >= 15 is 0 Å². The molecule has 1 rings (SSSR count). The van der Waals surface area contributed by atoms with Crippen LogP contribution in [-0.4, -0.2) is 15.9 Å². The molecule has 0 atom stereocenters. The molecule has 0 amide bonds. The Bertz CT molecular complexity index is 458. The zero-order valence-corrected chi connectivity index (χ0v) is 8.82. The van der Waals surface area contributed by atoms with Crippen LogP contribution in [0.5, 0.6) is 0 Å². The third kappa shape index (κ3) is 6.15. The molecule has 0 saturated heterocycles. The van der Waals surface area contributed by atoms with Gasteiger partial charge in [-0.2, -0.15) is 0 Å². The highest BCUT2D eigenvalue weighted by molar-refractivity contribution is 9.10. The fourth-order valence-electron chi connectivity index (χ4n) is 0.441. The summed E-state index contributed by atoms with van der Waals surface area (Å²) in [4.78, 5) is 34.2. The van der Waals surface area contributed by atoms with Gasteiger partial charge in [0.15, 0.2) is 0 Å². The summed E-state index contributed by atoms with van der Waals surface area (Å²) >= 11 is 2.92. The van der Waals surface area contributed by atoms with Gasteiger partial charge in [-0.15, -0.1) is 4.91 Å². The number of guanidine groups is 1. The lowest BCUT2D eigenvalue weighted by Crippen LogP contribution is -2.21. The van der Waals surface area contributed by atoms with Crippen molar-refractivity contribution in [3.63, 3.8) is 0 Å². The topological polar surface area (TPSA) is 160 Å². The van der Waals surface area contributed by atoms with Crippen molar-refractivity contribution in [2.75, 3.05) is 0 Å². The van der Waals surface area contributed by atoms with Crippen molar-refractivity contribution < 1.29 is 0 Å². The molecule has 15 heavy (non-hydrogen) atoms. The molecule has 0 radical (unpaired) electrons. The average molecular weight is 279 g/mol. The highest BCUT2D eigenvalue weighted by atomic mass is 79.9. The minimum Gasteiger partial charge on any atom is -0.368 e. The van der Waals surface area contributed by atoms with Crippen LogP contribution in [0.4, 0.5) is 0 Å².